The van der Waals surface area contributed by atoms with Crippen LogP contribution in [0.1, 0.15) is 81.7 Å². The summed E-state index contributed by atoms with van der Waals surface area (Å²) in [6, 6.07) is 31.0. The van der Waals surface area contributed by atoms with Crippen molar-refractivity contribution in [2.45, 2.75) is 96.9 Å². The number of pyridine rings is 2. The van der Waals surface area contributed by atoms with Gasteiger partial charge in [0, 0.05) is 67.8 Å². The summed E-state index contributed by atoms with van der Waals surface area (Å²) in [5.74, 6) is -0.817. The summed E-state index contributed by atoms with van der Waals surface area (Å²) in [7, 11) is 0. The second-order valence-electron chi connectivity index (χ2n) is 21.3. The van der Waals surface area contributed by atoms with Gasteiger partial charge >= 0.3 is 0 Å². The number of aryl methyl sites for hydroxylation is 2. The van der Waals surface area contributed by atoms with Crippen LogP contribution >= 0.6 is 11.3 Å². The smallest absolute Gasteiger partial charge is 0.243 e. The molecule has 18 heteroatoms. The molecule has 1 aliphatic carbocycles. The van der Waals surface area contributed by atoms with E-state index in [1.54, 1.807) is 17.5 Å². The molecule has 7 N–H and O–H groups in total. The lowest BCUT2D eigenvalue weighted by Gasteiger charge is -2.38. The highest BCUT2D eigenvalue weighted by molar-refractivity contribution is 7.13. The molecule has 2 aliphatic rings. The number of nitrogens with one attached hydrogen (secondary N) is 2. The first kappa shape index (κ1) is 54.6. The molecule has 77 heavy (non-hydrogen) atoms. The van der Waals surface area contributed by atoms with Gasteiger partial charge in [-0.3, -0.25) is 23.7 Å². The predicted molar refractivity (Wildman–Crippen MR) is 297 cm³/mol. The Labute approximate surface area is 452 Å². The molecule has 4 aromatic heterocycles. The molecular formula is C59H68N10O7S. The number of nitrogen functional groups attached to an aromatic ring is 1. The molecule has 0 spiro atoms. The molecule has 17 nitrogen and oxygen atoms in total. The van der Waals surface area contributed by atoms with E-state index in [-0.39, 0.29) is 87.8 Å². The number of ketones is 1. The maximum Gasteiger partial charge on any atom is 0.243 e. The summed E-state index contributed by atoms with van der Waals surface area (Å²) in [6.45, 7) is 8.59. The van der Waals surface area contributed by atoms with Gasteiger partial charge in [-0.05, 0) is 103 Å². The van der Waals surface area contributed by atoms with Crippen LogP contribution in [0.25, 0.3) is 49.9 Å². The van der Waals surface area contributed by atoms with Crippen molar-refractivity contribution >= 4 is 51.8 Å². The highest BCUT2D eigenvalue weighted by atomic mass is 32.1. The monoisotopic (exact) mass is 1060 g/mol. The Morgan fingerprint density at radius 3 is 2.38 bits per heavy atom. The summed E-state index contributed by atoms with van der Waals surface area (Å²) in [5.41, 5.74) is 23.6. The lowest BCUT2D eigenvalue weighted by molar-refractivity contribution is -0.146. The third-order valence-electron chi connectivity index (χ3n) is 14.7. The van der Waals surface area contributed by atoms with E-state index in [0.717, 1.165) is 69.0 Å². The van der Waals surface area contributed by atoms with Crippen molar-refractivity contribution in [3.8, 4) is 38.8 Å². The van der Waals surface area contributed by atoms with Crippen LogP contribution in [0.5, 0.6) is 0 Å². The number of Topliss-reactive ketones (excluding diaryl/α,β-unsaturated/α-hetero) is 1. The number of likely N-dealkylation sites (tertiary alicyclic amines) is 1. The number of imidazole rings is 1. The molecule has 0 bridgehead atoms. The van der Waals surface area contributed by atoms with Gasteiger partial charge in [0.15, 0.2) is 17.3 Å². The standard InChI is InChI=1S/C59H68N10O7S/c1-37-52(77-36-65-37)40-14-11-39(12-15-40)33-64-56(73)50-32-44(70)34-68(50)57(74)47(58(2,3)4)31-45(71)35-76-29-28-75-27-26-62-51(72)22-13-38-8-5-9-41(30-38)48-20-21-49-55(66-48)69(54(67-49)46-10-6-25-63-53(46)60)43-18-16-42(17-19-43)59(61)23-7-24-59/h5-6,8-12,14-21,25,30,36,44,47,50,70H,7,13,22-24,26-29,31-35,61H2,1-4H3,(H2,60,63)(H,62,72)(H,64,73)/t44-,47-,50+/m1/s1. The quantitative estimate of drug-likeness (QED) is 0.0414. The van der Waals surface area contributed by atoms with Crippen molar-refractivity contribution < 1.29 is 33.8 Å². The number of nitrogens with zero attached hydrogens (tertiary/aromatic N) is 6. The lowest BCUT2D eigenvalue weighted by Crippen LogP contribution is -2.50. The van der Waals surface area contributed by atoms with Gasteiger partial charge in [0.2, 0.25) is 17.7 Å². The number of thiazole rings is 1. The maximum atomic E-state index is 14.1. The highest BCUT2D eigenvalue weighted by Crippen LogP contribution is 2.40. The summed E-state index contributed by atoms with van der Waals surface area (Å²) in [6.07, 6.45) is 4.68. The number of hydrogen-bond donors (Lipinski definition) is 5. The average Bonchev–Trinajstić information content (AvgIpc) is 4.15. The fourth-order valence-electron chi connectivity index (χ4n) is 10.1. The molecule has 0 unspecified atom stereocenters. The number of anilines is 1. The molecule has 3 amide bonds. The van der Waals surface area contributed by atoms with E-state index in [1.807, 2.05) is 105 Å². The topological polar surface area (TPSA) is 243 Å². The van der Waals surface area contributed by atoms with Crippen LogP contribution in [0.15, 0.2) is 109 Å². The highest BCUT2D eigenvalue weighted by Gasteiger charge is 2.44. The number of aromatic nitrogens is 5. The first-order valence-corrected chi connectivity index (χ1v) is 27.2. The Kier molecular flexibility index (Phi) is 17.0. The number of fused-ring (bicyclic) bond motifs is 1. The molecule has 1 saturated carbocycles. The van der Waals surface area contributed by atoms with Gasteiger partial charge in [0.25, 0.3) is 0 Å². The van der Waals surface area contributed by atoms with Crippen molar-refractivity contribution in [1.29, 1.82) is 0 Å². The lowest BCUT2D eigenvalue weighted by atomic mass is 9.73. The Hall–Kier alpha value is -7.22. The van der Waals surface area contributed by atoms with Crippen LogP contribution in [0.4, 0.5) is 5.82 Å². The van der Waals surface area contributed by atoms with Crippen molar-refractivity contribution in [3.63, 3.8) is 0 Å². The minimum atomic E-state index is -0.863. The van der Waals surface area contributed by atoms with E-state index < -0.39 is 23.5 Å². The molecule has 9 rings (SSSR count). The van der Waals surface area contributed by atoms with Crippen LogP contribution in [-0.4, -0.2) is 110 Å². The maximum absolute atomic E-state index is 14.1. The van der Waals surface area contributed by atoms with Crippen LogP contribution in [-0.2, 0) is 47.2 Å². The van der Waals surface area contributed by atoms with Gasteiger partial charge in [0.1, 0.15) is 24.0 Å². The number of nitrogens with two attached hydrogens (primary N) is 2. The van der Waals surface area contributed by atoms with Gasteiger partial charge in [-0.25, -0.2) is 19.9 Å². The van der Waals surface area contributed by atoms with Gasteiger partial charge in [-0.1, -0.05) is 75.4 Å². The summed E-state index contributed by atoms with van der Waals surface area (Å²) >= 11 is 1.57. The third kappa shape index (κ3) is 13.0. The number of aliphatic hydroxyl groups excluding tert-OH is 1. The molecule has 5 heterocycles. The summed E-state index contributed by atoms with van der Waals surface area (Å²) in [5, 5.41) is 16.5. The molecule has 1 aliphatic heterocycles. The van der Waals surface area contributed by atoms with E-state index >= 15 is 0 Å². The first-order chi connectivity index (χ1) is 37.0. The summed E-state index contributed by atoms with van der Waals surface area (Å²) < 4.78 is 13.3. The van der Waals surface area contributed by atoms with Gasteiger partial charge in [0.05, 0.1) is 53.3 Å². The molecule has 2 fully saturated rings. The Balaban J connectivity index is 0.706. The Morgan fingerprint density at radius 1 is 0.883 bits per heavy atom. The number of aliphatic hydroxyl groups is 1. The van der Waals surface area contributed by atoms with Crippen molar-refractivity contribution in [1.82, 2.24) is 40.0 Å². The number of amides is 3. The number of carbonyl (C=O) groups excluding carboxylic acids is 4. The minimum Gasteiger partial charge on any atom is -0.391 e. The molecule has 1 saturated heterocycles. The van der Waals surface area contributed by atoms with Crippen LogP contribution in [0.3, 0.4) is 0 Å². The van der Waals surface area contributed by atoms with Gasteiger partial charge in [-0.2, -0.15) is 0 Å². The van der Waals surface area contributed by atoms with Gasteiger partial charge in [-0.15, -0.1) is 11.3 Å². The van der Waals surface area contributed by atoms with E-state index in [2.05, 4.69) is 50.9 Å². The normalized spacial score (nSPS) is 16.5. The number of rotatable bonds is 22. The zero-order valence-corrected chi connectivity index (χ0v) is 45.0. The number of hydrogen-bond acceptors (Lipinski definition) is 14. The fourth-order valence-corrected chi connectivity index (χ4v) is 10.9. The summed E-state index contributed by atoms with van der Waals surface area (Å²) in [4.78, 5) is 75.0. The first-order valence-electron chi connectivity index (χ1n) is 26.3. The van der Waals surface area contributed by atoms with Crippen molar-refractivity contribution in [2.24, 2.45) is 17.1 Å². The molecular weight excluding hydrogens is 993 g/mol. The van der Waals surface area contributed by atoms with E-state index in [0.29, 0.717) is 41.3 Å². The van der Waals surface area contributed by atoms with Crippen LogP contribution in [0.2, 0.25) is 0 Å². The largest absolute Gasteiger partial charge is 0.391 e. The van der Waals surface area contributed by atoms with E-state index in [4.69, 9.17) is 30.9 Å². The van der Waals surface area contributed by atoms with Crippen LogP contribution in [0, 0.1) is 18.3 Å². The fraction of sp³-hybridized carbons (Fsp3) is 0.390. The number of benzene rings is 3. The number of carbonyl (C=O) groups is 4. The predicted octanol–water partition coefficient (Wildman–Crippen LogP) is 7.48. The van der Waals surface area contributed by atoms with Crippen LogP contribution < -0.4 is 22.1 Å². The van der Waals surface area contributed by atoms with Crippen molar-refractivity contribution in [2.75, 3.05) is 45.3 Å². The molecule has 3 atom stereocenters. The van der Waals surface area contributed by atoms with E-state index in [1.165, 1.54) is 4.90 Å². The molecule has 7 aromatic rings. The molecule has 0 radical (unpaired) electrons. The number of ether oxygens (including phenoxy) is 2. The van der Waals surface area contributed by atoms with Gasteiger partial charge < -0.3 is 41.6 Å². The SMILES string of the molecule is Cc1ncsc1-c1ccc(CNC(=O)[C@@H]2C[C@@H](O)CN2C(=O)[C@@H](CC(=O)COCCOCCNC(=O)CCc2cccc(-c3ccc4nc(-c5cccnc5N)n(-c5ccc(C6(N)CCC6)cc5)c4n3)c2)C(C)(C)C)cc1. The average molecular weight is 1060 g/mol. The Bertz CT molecular complexity index is 3220. The molecule has 402 valence electrons. The third-order valence-corrected chi connectivity index (χ3v) is 15.6. The second-order valence-corrected chi connectivity index (χ2v) is 22.1. The zero-order valence-electron chi connectivity index (χ0n) is 44.2. The number of β-amino-alcohol motifs (C(OH)–C–C–N with tert-alkyl or cyclic N) is 1. The van der Waals surface area contributed by atoms with E-state index in [9.17, 15) is 24.3 Å². The molecule has 3 aromatic carbocycles. The van der Waals surface area contributed by atoms with Crippen molar-refractivity contribution in [3.05, 3.63) is 131 Å². The zero-order chi connectivity index (χ0) is 54.3. The minimum absolute atomic E-state index is 0.00760. The Morgan fingerprint density at radius 2 is 1.66 bits per heavy atom. The second kappa shape index (κ2) is 24.0.